The summed E-state index contributed by atoms with van der Waals surface area (Å²) in [5.41, 5.74) is 1.93. The number of aromatic nitrogens is 2. The molecule has 6 nitrogen and oxygen atoms in total. The SMILES string of the molecule is O=C(O)c1nn(CC2CC2)c2c1CN(C(=O)CCC1CCCC1)CC2. The maximum atomic E-state index is 12.6. The number of hydrogen-bond donors (Lipinski definition) is 1. The molecule has 0 aromatic carbocycles. The Morgan fingerprint density at radius 1 is 1.12 bits per heavy atom. The number of rotatable bonds is 6. The lowest BCUT2D eigenvalue weighted by Crippen LogP contribution is -2.36. The van der Waals surface area contributed by atoms with E-state index in [2.05, 4.69) is 5.10 Å². The molecule has 2 aliphatic carbocycles. The van der Waals surface area contributed by atoms with Crippen molar-refractivity contribution in [1.29, 1.82) is 0 Å². The van der Waals surface area contributed by atoms with E-state index in [9.17, 15) is 14.7 Å². The van der Waals surface area contributed by atoms with Gasteiger partial charge in [0.15, 0.2) is 5.69 Å². The second kappa shape index (κ2) is 6.81. The Kier molecular flexibility index (Phi) is 4.52. The second-order valence-electron chi connectivity index (χ2n) is 7.96. The highest BCUT2D eigenvalue weighted by atomic mass is 16.4. The summed E-state index contributed by atoms with van der Waals surface area (Å²) in [6.45, 7) is 1.92. The molecule has 1 aliphatic heterocycles. The van der Waals surface area contributed by atoms with Crippen LogP contribution in [0.2, 0.25) is 0 Å². The molecule has 2 saturated carbocycles. The van der Waals surface area contributed by atoms with Crippen LogP contribution in [0.5, 0.6) is 0 Å². The molecule has 0 bridgehead atoms. The molecule has 1 amide bonds. The van der Waals surface area contributed by atoms with Crippen LogP contribution in [0.25, 0.3) is 0 Å². The molecule has 1 N–H and O–H groups in total. The van der Waals surface area contributed by atoms with Crippen molar-refractivity contribution in [3.63, 3.8) is 0 Å². The number of carboxylic acid groups (broad SMARTS) is 1. The number of fused-ring (bicyclic) bond motifs is 1. The number of carboxylic acids is 1. The van der Waals surface area contributed by atoms with Gasteiger partial charge in [-0.1, -0.05) is 25.7 Å². The molecule has 2 heterocycles. The summed E-state index contributed by atoms with van der Waals surface area (Å²) in [4.78, 5) is 26.0. The first-order chi connectivity index (χ1) is 12.1. The molecule has 2 fully saturated rings. The van der Waals surface area contributed by atoms with Crippen LogP contribution in [0, 0.1) is 11.8 Å². The van der Waals surface area contributed by atoms with Gasteiger partial charge in [0.25, 0.3) is 0 Å². The summed E-state index contributed by atoms with van der Waals surface area (Å²) in [6.07, 6.45) is 9.84. The topological polar surface area (TPSA) is 75.4 Å². The molecular weight excluding hydrogens is 318 g/mol. The van der Waals surface area contributed by atoms with Gasteiger partial charge in [0.05, 0.1) is 0 Å². The molecule has 0 unspecified atom stereocenters. The lowest BCUT2D eigenvalue weighted by Gasteiger charge is -2.28. The van der Waals surface area contributed by atoms with Gasteiger partial charge in [0.2, 0.25) is 5.91 Å². The lowest BCUT2D eigenvalue weighted by atomic mass is 10.00. The van der Waals surface area contributed by atoms with E-state index in [4.69, 9.17) is 0 Å². The number of amides is 1. The summed E-state index contributed by atoms with van der Waals surface area (Å²) < 4.78 is 1.90. The number of hydrogen-bond acceptors (Lipinski definition) is 3. The molecule has 0 radical (unpaired) electrons. The molecule has 0 atom stereocenters. The third-order valence-corrected chi connectivity index (χ3v) is 6.06. The minimum atomic E-state index is -0.981. The Hall–Kier alpha value is -1.85. The minimum absolute atomic E-state index is 0.143. The maximum Gasteiger partial charge on any atom is 0.356 e. The zero-order chi connectivity index (χ0) is 17.4. The van der Waals surface area contributed by atoms with E-state index in [0.29, 0.717) is 31.3 Å². The molecule has 0 saturated heterocycles. The number of nitrogens with zero attached hydrogens (tertiary/aromatic N) is 3. The van der Waals surface area contributed by atoms with Crippen molar-refractivity contribution in [2.75, 3.05) is 6.54 Å². The van der Waals surface area contributed by atoms with Gasteiger partial charge in [-0.25, -0.2) is 4.79 Å². The predicted molar refractivity (Wildman–Crippen MR) is 92.2 cm³/mol. The van der Waals surface area contributed by atoms with E-state index in [0.717, 1.165) is 30.6 Å². The van der Waals surface area contributed by atoms with E-state index in [1.807, 2.05) is 9.58 Å². The lowest BCUT2D eigenvalue weighted by molar-refractivity contribution is -0.132. The van der Waals surface area contributed by atoms with Gasteiger partial charge in [0, 0.05) is 43.7 Å². The van der Waals surface area contributed by atoms with Crippen molar-refractivity contribution in [2.24, 2.45) is 11.8 Å². The fourth-order valence-corrected chi connectivity index (χ4v) is 4.36. The maximum absolute atomic E-state index is 12.6. The van der Waals surface area contributed by atoms with Gasteiger partial charge < -0.3 is 10.0 Å². The fraction of sp³-hybridized carbons (Fsp3) is 0.737. The van der Waals surface area contributed by atoms with Crippen molar-refractivity contribution in [3.8, 4) is 0 Å². The van der Waals surface area contributed by atoms with Crippen LogP contribution >= 0.6 is 0 Å². The highest BCUT2D eigenvalue weighted by Gasteiger charge is 2.32. The molecule has 0 spiro atoms. The van der Waals surface area contributed by atoms with Crippen LogP contribution in [0.1, 0.15) is 73.1 Å². The van der Waals surface area contributed by atoms with Crippen LogP contribution in [-0.2, 0) is 24.3 Å². The Labute approximate surface area is 148 Å². The number of aromatic carboxylic acids is 1. The Morgan fingerprint density at radius 3 is 2.56 bits per heavy atom. The summed E-state index contributed by atoms with van der Waals surface area (Å²) in [5.74, 6) is 0.548. The standard InChI is InChI=1S/C19H27N3O3/c23-17(8-7-13-3-1-2-4-13)21-10-9-16-15(12-21)18(19(24)25)20-22(16)11-14-5-6-14/h13-14H,1-12H2,(H,24,25). The molecule has 1 aromatic rings. The third-order valence-electron chi connectivity index (χ3n) is 6.06. The van der Waals surface area contributed by atoms with Crippen molar-refractivity contribution >= 4 is 11.9 Å². The van der Waals surface area contributed by atoms with Crippen LogP contribution < -0.4 is 0 Å². The molecule has 3 aliphatic rings. The molecule has 25 heavy (non-hydrogen) atoms. The third kappa shape index (κ3) is 3.58. The van der Waals surface area contributed by atoms with Gasteiger partial charge in [-0.3, -0.25) is 9.48 Å². The molecule has 6 heteroatoms. The largest absolute Gasteiger partial charge is 0.476 e. The van der Waals surface area contributed by atoms with Crippen LogP contribution in [0.3, 0.4) is 0 Å². The van der Waals surface area contributed by atoms with Gasteiger partial charge in [-0.05, 0) is 31.1 Å². The average molecular weight is 345 g/mol. The van der Waals surface area contributed by atoms with E-state index in [-0.39, 0.29) is 11.6 Å². The summed E-state index contributed by atoms with van der Waals surface area (Å²) in [5, 5.41) is 13.8. The van der Waals surface area contributed by atoms with E-state index >= 15 is 0 Å². The Morgan fingerprint density at radius 2 is 1.88 bits per heavy atom. The van der Waals surface area contributed by atoms with Crippen LogP contribution in [0.15, 0.2) is 0 Å². The highest BCUT2D eigenvalue weighted by Crippen LogP contribution is 2.33. The molecular formula is C19H27N3O3. The van der Waals surface area contributed by atoms with E-state index < -0.39 is 5.97 Å². The first kappa shape index (κ1) is 16.6. The normalized spacial score (nSPS) is 20.7. The zero-order valence-electron chi connectivity index (χ0n) is 14.7. The molecule has 136 valence electrons. The second-order valence-corrected chi connectivity index (χ2v) is 7.96. The molecule has 1 aromatic heterocycles. The number of carbonyl (C=O) groups is 2. The van der Waals surface area contributed by atoms with Gasteiger partial charge in [0.1, 0.15) is 0 Å². The van der Waals surface area contributed by atoms with Crippen LogP contribution in [-0.4, -0.2) is 38.2 Å². The minimum Gasteiger partial charge on any atom is -0.476 e. The van der Waals surface area contributed by atoms with E-state index in [1.165, 1.54) is 38.5 Å². The van der Waals surface area contributed by atoms with Crippen molar-refractivity contribution in [3.05, 3.63) is 17.0 Å². The van der Waals surface area contributed by atoms with Crippen LogP contribution in [0.4, 0.5) is 0 Å². The molecule has 4 rings (SSSR count). The van der Waals surface area contributed by atoms with Gasteiger partial charge in [-0.2, -0.15) is 5.10 Å². The first-order valence-electron chi connectivity index (χ1n) is 9.71. The Bertz CT molecular complexity index is 672. The zero-order valence-corrected chi connectivity index (χ0v) is 14.7. The van der Waals surface area contributed by atoms with E-state index in [1.54, 1.807) is 0 Å². The predicted octanol–water partition coefficient (Wildman–Crippen LogP) is 2.85. The van der Waals surface area contributed by atoms with Crippen molar-refractivity contribution in [2.45, 2.75) is 70.9 Å². The summed E-state index contributed by atoms with van der Waals surface area (Å²) >= 11 is 0. The van der Waals surface area contributed by atoms with Gasteiger partial charge >= 0.3 is 5.97 Å². The summed E-state index contributed by atoms with van der Waals surface area (Å²) in [6, 6.07) is 0. The first-order valence-corrected chi connectivity index (χ1v) is 9.71. The number of carbonyl (C=O) groups excluding carboxylic acids is 1. The quantitative estimate of drug-likeness (QED) is 0.860. The van der Waals surface area contributed by atoms with Gasteiger partial charge in [-0.15, -0.1) is 0 Å². The Balaban J connectivity index is 1.44. The highest BCUT2D eigenvalue weighted by molar-refractivity contribution is 5.88. The van der Waals surface area contributed by atoms with Crippen molar-refractivity contribution in [1.82, 2.24) is 14.7 Å². The van der Waals surface area contributed by atoms with Crippen molar-refractivity contribution < 1.29 is 14.7 Å². The average Bonchev–Trinajstić information content (AvgIpc) is 3.13. The fourth-order valence-electron chi connectivity index (χ4n) is 4.36. The summed E-state index contributed by atoms with van der Waals surface area (Å²) in [7, 11) is 0. The smallest absolute Gasteiger partial charge is 0.356 e. The monoisotopic (exact) mass is 345 g/mol.